The summed E-state index contributed by atoms with van der Waals surface area (Å²) in [4.78, 5) is 27.1. The van der Waals surface area contributed by atoms with Crippen molar-refractivity contribution in [3.8, 4) is 0 Å². The molecule has 0 aliphatic carbocycles. The van der Waals surface area contributed by atoms with Crippen molar-refractivity contribution in [2.75, 3.05) is 45.2 Å². The van der Waals surface area contributed by atoms with E-state index in [1.807, 2.05) is 44.3 Å². The SMILES string of the molecule is C[C@@H](C(=O)Nc1ccccc1)[NH+](C)CC(=O)N1CCOCC1. The molecule has 0 bridgehead atoms. The third-order valence-electron chi connectivity index (χ3n) is 3.97. The van der Waals surface area contributed by atoms with Gasteiger partial charge in [-0.05, 0) is 19.1 Å². The zero-order valence-corrected chi connectivity index (χ0v) is 13.2. The standard InChI is InChI=1S/C16H23N3O3/c1-13(16(21)17-14-6-4-3-5-7-14)18(2)12-15(20)19-8-10-22-11-9-19/h3-7,13H,8-12H2,1-2H3,(H,17,21)/p+1/t13-/m0/s1. The van der Waals surface area contributed by atoms with Crippen LogP contribution in [0.25, 0.3) is 0 Å². The van der Waals surface area contributed by atoms with Gasteiger partial charge in [0.05, 0.1) is 20.3 Å². The van der Waals surface area contributed by atoms with Gasteiger partial charge in [0.15, 0.2) is 12.6 Å². The number of para-hydroxylation sites is 1. The monoisotopic (exact) mass is 306 g/mol. The molecule has 1 fully saturated rings. The third-order valence-corrected chi connectivity index (χ3v) is 3.97. The molecule has 2 N–H and O–H groups in total. The highest BCUT2D eigenvalue weighted by atomic mass is 16.5. The number of anilines is 1. The van der Waals surface area contributed by atoms with Gasteiger partial charge in [0.25, 0.3) is 11.8 Å². The molecule has 22 heavy (non-hydrogen) atoms. The van der Waals surface area contributed by atoms with Crippen LogP contribution >= 0.6 is 0 Å². The maximum absolute atomic E-state index is 12.2. The lowest BCUT2D eigenvalue weighted by Gasteiger charge is -2.28. The van der Waals surface area contributed by atoms with Gasteiger partial charge in [0.1, 0.15) is 0 Å². The zero-order chi connectivity index (χ0) is 15.9. The Balaban J connectivity index is 1.84. The van der Waals surface area contributed by atoms with Crippen molar-refractivity contribution in [1.29, 1.82) is 0 Å². The van der Waals surface area contributed by atoms with Gasteiger partial charge < -0.3 is 19.9 Å². The summed E-state index contributed by atoms with van der Waals surface area (Å²) in [6, 6.07) is 9.04. The lowest BCUT2D eigenvalue weighted by Crippen LogP contribution is -3.15. The molecule has 0 spiro atoms. The first-order chi connectivity index (χ1) is 10.6. The van der Waals surface area contributed by atoms with E-state index in [0.29, 0.717) is 32.8 Å². The van der Waals surface area contributed by atoms with Crippen molar-refractivity contribution in [2.45, 2.75) is 13.0 Å². The van der Waals surface area contributed by atoms with Gasteiger partial charge in [-0.1, -0.05) is 18.2 Å². The maximum atomic E-state index is 12.2. The first-order valence-corrected chi connectivity index (χ1v) is 7.61. The third kappa shape index (κ3) is 4.54. The summed E-state index contributed by atoms with van der Waals surface area (Å²) in [6.07, 6.45) is 0. The van der Waals surface area contributed by atoms with E-state index in [-0.39, 0.29) is 17.9 Å². The second-order valence-corrected chi connectivity index (χ2v) is 5.59. The Hall–Kier alpha value is -1.92. The van der Waals surface area contributed by atoms with Crippen LogP contribution in [0.2, 0.25) is 0 Å². The van der Waals surface area contributed by atoms with Gasteiger partial charge in [-0.3, -0.25) is 9.59 Å². The minimum Gasteiger partial charge on any atom is -0.378 e. The molecule has 0 saturated carbocycles. The van der Waals surface area contributed by atoms with Crippen molar-refractivity contribution in [1.82, 2.24) is 4.90 Å². The van der Waals surface area contributed by atoms with Crippen LogP contribution in [-0.2, 0) is 14.3 Å². The quantitative estimate of drug-likeness (QED) is 0.763. The van der Waals surface area contributed by atoms with Crippen molar-refractivity contribution in [3.05, 3.63) is 30.3 Å². The summed E-state index contributed by atoms with van der Waals surface area (Å²) in [5, 5.41) is 2.87. The zero-order valence-electron chi connectivity index (χ0n) is 13.2. The number of likely N-dealkylation sites (N-methyl/N-ethyl adjacent to an activating group) is 1. The number of rotatable bonds is 5. The van der Waals surface area contributed by atoms with Crippen LogP contribution in [0, 0.1) is 0 Å². The number of quaternary nitrogens is 1. The minimum absolute atomic E-state index is 0.0696. The molecule has 120 valence electrons. The lowest BCUT2D eigenvalue weighted by atomic mass is 10.2. The summed E-state index contributed by atoms with van der Waals surface area (Å²) in [5.41, 5.74) is 0.770. The van der Waals surface area contributed by atoms with E-state index in [1.165, 1.54) is 0 Å². The Kier molecular flexibility index (Phi) is 5.91. The number of carbonyl (C=O) groups is 2. The van der Waals surface area contributed by atoms with Crippen molar-refractivity contribution in [3.63, 3.8) is 0 Å². The van der Waals surface area contributed by atoms with Gasteiger partial charge in [0, 0.05) is 18.8 Å². The number of nitrogens with zero attached hydrogens (tertiary/aromatic N) is 1. The average Bonchev–Trinajstić information content (AvgIpc) is 2.55. The number of nitrogens with one attached hydrogen (secondary N) is 2. The van der Waals surface area contributed by atoms with Gasteiger partial charge in [-0.15, -0.1) is 0 Å². The fourth-order valence-corrected chi connectivity index (χ4v) is 2.31. The molecule has 2 rings (SSSR count). The minimum atomic E-state index is -0.301. The van der Waals surface area contributed by atoms with E-state index in [4.69, 9.17) is 4.74 Å². The summed E-state index contributed by atoms with van der Waals surface area (Å²) in [5.74, 6) is -0.0151. The molecule has 0 aromatic heterocycles. The second-order valence-electron chi connectivity index (χ2n) is 5.59. The Bertz CT molecular complexity index is 501. The van der Waals surface area contributed by atoms with Crippen molar-refractivity contribution >= 4 is 17.5 Å². The van der Waals surface area contributed by atoms with E-state index in [1.54, 1.807) is 4.90 Å². The number of benzene rings is 1. The summed E-state index contributed by atoms with van der Waals surface area (Å²) in [7, 11) is 1.87. The first kappa shape index (κ1) is 16.5. The van der Waals surface area contributed by atoms with Crippen LogP contribution in [0.5, 0.6) is 0 Å². The molecular formula is C16H24N3O3+. The molecule has 1 aromatic rings. The predicted octanol–water partition coefficient (Wildman–Crippen LogP) is -0.613. The molecule has 1 saturated heterocycles. The maximum Gasteiger partial charge on any atom is 0.282 e. The number of hydrogen-bond donors (Lipinski definition) is 2. The van der Waals surface area contributed by atoms with Gasteiger partial charge >= 0.3 is 0 Å². The highest BCUT2D eigenvalue weighted by Gasteiger charge is 2.26. The van der Waals surface area contributed by atoms with Crippen LogP contribution < -0.4 is 10.2 Å². The van der Waals surface area contributed by atoms with Crippen LogP contribution in [0.1, 0.15) is 6.92 Å². The van der Waals surface area contributed by atoms with E-state index in [9.17, 15) is 9.59 Å². The normalized spacial score (nSPS) is 17.6. The Morgan fingerprint density at radius 2 is 1.91 bits per heavy atom. The Morgan fingerprint density at radius 3 is 2.55 bits per heavy atom. The van der Waals surface area contributed by atoms with Gasteiger partial charge in [0.2, 0.25) is 0 Å². The average molecular weight is 306 g/mol. The molecule has 1 aromatic carbocycles. The van der Waals surface area contributed by atoms with Crippen LogP contribution in [0.4, 0.5) is 5.69 Å². The molecule has 1 aliphatic rings. The molecule has 1 unspecified atom stereocenters. The lowest BCUT2D eigenvalue weighted by molar-refractivity contribution is -0.886. The van der Waals surface area contributed by atoms with E-state index >= 15 is 0 Å². The number of carbonyl (C=O) groups excluding carboxylic acids is 2. The van der Waals surface area contributed by atoms with E-state index in [0.717, 1.165) is 10.6 Å². The topological polar surface area (TPSA) is 63.1 Å². The van der Waals surface area contributed by atoms with Crippen molar-refractivity contribution in [2.24, 2.45) is 0 Å². The largest absolute Gasteiger partial charge is 0.378 e. The molecule has 1 aliphatic heterocycles. The predicted molar refractivity (Wildman–Crippen MR) is 83.7 cm³/mol. The molecule has 6 nitrogen and oxygen atoms in total. The molecular weight excluding hydrogens is 282 g/mol. The molecule has 2 amide bonds. The van der Waals surface area contributed by atoms with E-state index < -0.39 is 0 Å². The van der Waals surface area contributed by atoms with Gasteiger partial charge in [-0.2, -0.15) is 0 Å². The van der Waals surface area contributed by atoms with Crippen LogP contribution in [0.3, 0.4) is 0 Å². The Morgan fingerprint density at radius 1 is 1.27 bits per heavy atom. The number of hydrogen-bond acceptors (Lipinski definition) is 3. The van der Waals surface area contributed by atoms with Crippen molar-refractivity contribution < 1.29 is 19.2 Å². The van der Waals surface area contributed by atoms with Gasteiger partial charge in [-0.25, -0.2) is 0 Å². The summed E-state index contributed by atoms with van der Waals surface area (Å²) in [6.45, 7) is 4.60. The fraction of sp³-hybridized carbons (Fsp3) is 0.500. The molecule has 6 heteroatoms. The molecule has 2 atom stereocenters. The summed E-state index contributed by atoms with van der Waals surface area (Å²) >= 11 is 0. The number of ether oxygens (including phenoxy) is 1. The molecule has 0 radical (unpaired) electrons. The van der Waals surface area contributed by atoms with Crippen LogP contribution in [0.15, 0.2) is 30.3 Å². The molecule has 1 heterocycles. The first-order valence-electron chi connectivity index (χ1n) is 7.61. The Labute approximate surface area is 131 Å². The number of morpholine rings is 1. The second kappa shape index (κ2) is 7.91. The van der Waals surface area contributed by atoms with Crippen LogP contribution in [-0.4, -0.2) is 62.7 Å². The number of amides is 2. The van der Waals surface area contributed by atoms with E-state index in [2.05, 4.69) is 5.32 Å². The summed E-state index contributed by atoms with van der Waals surface area (Å²) < 4.78 is 5.24. The smallest absolute Gasteiger partial charge is 0.282 e. The highest BCUT2D eigenvalue weighted by molar-refractivity contribution is 5.93. The highest BCUT2D eigenvalue weighted by Crippen LogP contribution is 2.04. The fourth-order valence-electron chi connectivity index (χ4n) is 2.31.